The van der Waals surface area contributed by atoms with E-state index in [9.17, 15) is 0 Å². The number of halogens is 1. The highest BCUT2D eigenvalue weighted by Gasteiger charge is 2.31. The summed E-state index contributed by atoms with van der Waals surface area (Å²) in [4.78, 5) is 6.50. The maximum Gasteiger partial charge on any atom is 0.252 e. The lowest BCUT2D eigenvalue weighted by molar-refractivity contribution is -0.0844. The van der Waals surface area contributed by atoms with Crippen LogP contribution in [-0.2, 0) is 17.9 Å². The first-order valence-electron chi connectivity index (χ1n) is 6.93. The minimum atomic E-state index is 0.240. The van der Waals surface area contributed by atoms with Gasteiger partial charge in [0.1, 0.15) is 6.61 Å². The molecule has 2 aromatic heterocycles. The number of hydrogen-bond donors (Lipinski definition) is 0. The van der Waals surface area contributed by atoms with Crippen molar-refractivity contribution in [3.05, 3.63) is 28.6 Å². The molecule has 0 N–H and O–H groups in total. The van der Waals surface area contributed by atoms with Gasteiger partial charge in [0.2, 0.25) is 0 Å². The number of rotatable bonds is 6. The summed E-state index contributed by atoms with van der Waals surface area (Å²) >= 11 is 3.41. The van der Waals surface area contributed by atoms with E-state index < -0.39 is 0 Å². The van der Waals surface area contributed by atoms with Crippen LogP contribution in [0.15, 0.2) is 21.4 Å². The topological polar surface area (TPSA) is 69.2 Å². The fourth-order valence-electron chi connectivity index (χ4n) is 2.35. The van der Waals surface area contributed by atoms with Gasteiger partial charge in [-0.15, -0.1) is 0 Å². The lowest BCUT2D eigenvalue weighted by Gasteiger charge is -2.42. The molecular weight excluding hydrogens is 338 g/mol. The summed E-state index contributed by atoms with van der Waals surface area (Å²) in [6, 6.07) is 0.433. The molecule has 1 fully saturated rings. The molecule has 1 saturated heterocycles. The quantitative estimate of drug-likeness (QED) is 0.784. The van der Waals surface area contributed by atoms with Gasteiger partial charge in [0.05, 0.1) is 23.3 Å². The third kappa shape index (κ3) is 3.69. The molecule has 114 valence electrons. The summed E-state index contributed by atoms with van der Waals surface area (Å²) < 4.78 is 13.7. The predicted molar refractivity (Wildman–Crippen MR) is 78.6 cm³/mol. The third-order valence-corrected chi connectivity index (χ3v) is 3.97. The van der Waals surface area contributed by atoms with Crippen LogP contribution in [0, 0.1) is 6.92 Å². The van der Waals surface area contributed by atoms with Crippen molar-refractivity contribution in [2.45, 2.75) is 39.1 Å². The fraction of sp³-hybridized carbons (Fsp3) is 0.615. The summed E-state index contributed by atoms with van der Waals surface area (Å²) in [6.45, 7) is 7.12. The Bertz CT molecular complexity index is 593. The van der Waals surface area contributed by atoms with E-state index in [1.165, 1.54) is 0 Å². The van der Waals surface area contributed by atoms with Gasteiger partial charge >= 0.3 is 0 Å². The van der Waals surface area contributed by atoms with E-state index >= 15 is 0 Å². The summed E-state index contributed by atoms with van der Waals surface area (Å²) in [5, 5.41) is 8.02. The monoisotopic (exact) mass is 355 g/mol. The molecular formula is C13H18BrN5O2. The second-order valence-corrected chi connectivity index (χ2v) is 6.27. The molecule has 21 heavy (non-hydrogen) atoms. The molecule has 1 aliphatic rings. The van der Waals surface area contributed by atoms with Gasteiger partial charge in [0, 0.05) is 25.3 Å². The predicted octanol–water partition coefficient (Wildman–Crippen LogP) is 1.63. The molecule has 1 unspecified atom stereocenters. The Hall–Kier alpha value is -1.25. The van der Waals surface area contributed by atoms with Crippen LogP contribution in [0.1, 0.15) is 18.6 Å². The minimum Gasteiger partial charge on any atom is -0.366 e. The van der Waals surface area contributed by atoms with Crippen molar-refractivity contribution in [3.8, 4) is 0 Å². The average molecular weight is 356 g/mol. The van der Waals surface area contributed by atoms with Crippen LogP contribution in [0.2, 0.25) is 0 Å². The normalized spacial score (nSPS) is 17.9. The molecule has 0 aliphatic carbocycles. The number of aromatic nitrogens is 4. The molecule has 0 saturated carbocycles. The summed E-state index contributed by atoms with van der Waals surface area (Å²) in [7, 11) is 0. The Morgan fingerprint density at radius 2 is 2.33 bits per heavy atom. The van der Waals surface area contributed by atoms with Crippen molar-refractivity contribution < 1.29 is 9.26 Å². The number of ether oxygens (including phenoxy) is 1. The van der Waals surface area contributed by atoms with Gasteiger partial charge in [-0.3, -0.25) is 9.58 Å². The van der Waals surface area contributed by atoms with Crippen LogP contribution in [0.25, 0.3) is 0 Å². The highest BCUT2D eigenvalue weighted by Crippen LogP contribution is 2.18. The van der Waals surface area contributed by atoms with E-state index in [4.69, 9.17) is 9.26 Å². The van der Waals surface area contributed by atoms with E-state index in [0.717, 1.165) is 24.1 Å². The molecule has 0 bridgehead atoms. The van der Waals surface area contributed by atoms with Crippen LogP contribution in [0.3, 0.4) is 0 Å². The molecule has 1 atom stereocenters. The SMILES string of the molecule is Cc1noc(COC2CN(C(C)Cn3cc(Br)cn3)C2)n1. The lowest BCUT2D eigenvalue weighted by Crippen LogP contribution is -2.56. The average Bonchev–Trinajstić information content (AvgIpc) is 2.96. The Morgan fingerprint density at radius 1 is 1.52 bits per heavy atom. The summed E-state index contributed by atoms with van der Waals surface area (Å²) in [5.74, 6) is 1.18. The Kier molecular flexibility index (Phi) is 4.37. The van der Waals surface area contributed by atoms with E-state index in [1.807, 2.05) is 10.9 Å². The minimum absolute atomic E-state index is 0.240. The van der Waals surface area contributed by atoms with Gasteiger partial charge in [-0.25, -0.2) is 0 Å². The summed E-state index contributed by atoms with van der Waals surface area (Å²) in [5.41, 5.74) is 0. The smallest absolute Gasteiger partial charge is 0.252 e. The number of likely N-dealkylation sites (tertiary alicyclic amines) is 1. The van der Waals surface area contributed by atoms with Gasteiger partial charge < -0.3 is 9.26 Å². The van der Waals surface area contributed by atoms with Gasteiger partial charge in [-0.2, -0.15) is 10.1 Å². The first-order valence-corrected chi connectivity index (χ1v) is 7.72. The maximum absolute atomic E-state index is 5.74. The van der Waals surface area contributed by atoms with Crippen LogP contribution in [0.4, 0.5) is 0 Å². The van der Waals surface area contributed by atoms with Gasteiger partial charge in [-0.1, -0.05) is 5.16 Å². The van der Waals surface area contributed by atoms with Crippen LogP contribution in [0.5, 0.6) is 0 Å². The molecule has 8 heteroatoms. The fourth-order valence-corrected chi connectivity index (χ4v) is 2.68. The van der Waals surface area contributed by atoms with E-state index in [0.29, 0.717) is 24.4 Å². The van der Waals surface area contributed by atoms with E-state index in [-0.39, 0.29) is 6.10 Å². The number of nitrogens with zero attached hydrogens (tertiary/aromatic N) is 5. The van der Waals surface area contributed by atoms with E-state index in [2.05, 4.69) is 43.0 Å². The van der Waals surface area contributed by atoms with Crippen LogP contribution >= 0.6 is 15.9 Å². The second kappa shape index (κ2) is 6.25. The van der Waals surface area contributed by atoms with Gasteiger partial charge in [0.15, 0.2) is 5.82 Å². The number of aryl methyl sites for hydroxylation is 1. The van der Waals surface area contributed by atoms with Crippen molar-refractivity contribution in [1.29, 1.82) is 0 Å². The zero-order chi connectivity index (χ0) is 14.8. The van der Waals surface area contributed by atoms with Crippen molar-refractivity contribution in [2.24, 2.45) is 0 Å². The largest absolute Gasteiger partial charge is 0.366 e. The molecule has 0 amide bonds. The van der Waals surface area contributed by atoms with Gasteiger partial charge in [0.25, 0.3) is 5.89 Å². The highest BCUT2D eigenvalue weighted by molar-refractivity contribution is 9.10. The molecule has 3 heterocycles. The Labute approximate surface area is 131 Å². The first-order chi connectivity index (χ1) is 10.1. The Balaban J connectivity index is 1.38. The van der Waals surface area contributed by atoms with Crippen LogP contribution in [-0.4, -0.2) is 50.1 Å². The molecule has 2 aromatic rings. The highest BCUT2D eigenvalue weighted by atomic mass is 79.9. The molecule has 0 spiro atoms. The summed E-state index contributed by atoms with van der Waals surface area (Å²) in [6.07, 6.45) is 4.03. The lowest BCUT2D eigenvalue weighted by atomic mass is 10.1. The van der Waals surface area contributed by atoms with Gasteiger partial charge in [-0.05, 0) is 29.8 Å². The molecule has 7 nitrogen and oxygen atoms in total. The van der Waals surface area contributed by atoms with Crippen molar-refractivity contribution in [3.63, 3.8) is 0 Å². The Morgan fingerprint density at radius 3 is 2.95 bits per heavy atom. The standard InChI is InChI=1S/C13H18BrN5O2/c1-9(4-19-5-11(14)3-15-19)18-6-12(7-18)20-8-13-16-10(2)17-21-13/h3,5,9,12H,4,6-8H2,1-2H3. The molecule has 1 aliphatic heterocycles. The maximum atomic E-state index is 5.74. The molecule has 0 aromatic carbocycles. The van der Waals surface area contributed by atoms with Crippen LogP contribution < -0.4 is 0 Å². The first kappa shape index (κ1) is 14.7. The van der Waals surface area contributed by atoms with Crippen molar-refractivity contribution >= 4 is 15.9 Å². The number of hydrogen-bond acceptors (Lipinski definition) is 6. The van der Waals surface area contributed by atoms with Crippen molar-refractivity contribution in [1.82, 2.24) is 24.8 Å². The van der Waals surface area contributed by atoms with Crippen molar-refractivity contribution in [2.75, 3.05) is 13.1 Å². The third-order valence-electron chi connectivity index (χ3n) is 3.56. The molecule has 3 rings (SSSR count). The zero-order valence-electron chi connectivity index (χ0n) is 12.1. The second-order valence-electron chi connectivity index (χ2n) is 5.35. The van der Waals surface area contributed by atoms with E-state index in [1.54, 1.807) is 13.1 Å². The molecule has 0 radical (unpaired) electrons. The zero-order valence-corrected chi connectivity index (χ0v) is 13.7.